The van der Waals surface area contributed by atoms with E-state index in [4.69, 9.17) is 4.52 Å². The molecule has 122 valence electrons. The number of rotatable bonds is 4. The van der Waals surface area contributed by atoms with E-state index < -0.39 is 36.7 Å². The Kier molecular flexibility index (Phi) is 4.43. The Bertz CT molecular complexity index is 573. The molecular weight excluding hydrogens is 298 g/mol. The molecule has 0 unspecified atom stereocenters. The molecule has 0 spiro atoms. The predicted octanol–water partition coefficient (Wildman–Crippen LogP) is 1.38. The average Bonchev–Trinajstić information content (AvgIpc) is 3.01. The molecule has 1 aromatic rings. The molecule has 0 aliphatic carbocycles. The third kappa shape index (κ3) is 3.40. The largest absolute Gasteiger partial charge is 0.352 e. The number of hydrogen-bond acceptors (Lipinski definition) is 5. The van der Waals surface area contributed by atoms with Crippen LogP contribution in [0.1, 0.15) is 49.2 Å². The van der Waals surface area contributed by atoms with Gasteiger partial charge in [-0.25, -0.2) is 8.78 Å². The van der Waals surface area contributed by atoms with Crippen LogP contribution in [0.15, 0.2) is 4.52 Å². The summed E-state index contributed by atoms with van der Waals surface area (Å²) < 4.78 is 32.3. The first-order chi connectivity index (χ1) is 10.2. The second-order valence-corrected chi connectivity index (χ2v) is 5.73. The lowest BCUT2D eigenvalue weighted by molar-refractivity contribution is -0.134. The maximum absolute atomic E-state index is 13.7. The first-order valence-corrected chi connectivity index (χ1v) is 6.96. The maximum Gasteiger partial charge on any atom is 0.292 e. The molecule has 0 bridgehead atoms. The van der Waals surface area contributed by atoms with Gasteiger partial charge in [-0.05, 0) is 5.92 Å². The minimum absolute atomic E-state index is 0.0477. The van der Waals surface area contributed by atoms with Gasteiger partial charge in [-0.2, -0.15) is 4.98 Å². The molecule has 2 amide bonds. The molecule has 1 aromatic heterocycles. The van der Waals surface area contributed by atoms with Crippen LogP contribution in [0, 0.1) is 5.92 Å². The fraction of sp³-hybridized carbons (Fsp3) is 0.692. The summed E-state index contributed by atoms with van der Waals surface area (Å²) in [7, 11) is 1.39. The number of hydrogen-bond donors (Lipinski definition) is 1. The van der Waals surface area contributed by atoms with Crippen molar-refractivity contribution in [3.63, 3.8) is 0 Å². The van der Waals surface area contributed by atoms with E-state index >= 15 is 0 Å². The van der Waals surface area contributed by atoms with E-state index in [0.29, 0.717) is 0 Å². The van der Waals surface area contributed by atoms with E-state index in [1.165, 1.54) is 7.05 Å². The molecule has 1 aliphatic rings. The molecule has 1 saturated heterocycles. The van der Waals surface area contributed by atoms with Crippen LogP contribution >= 0.6 is 0 Å². The summed E-state index contributed by atoms with van der Waals surface area (Å²) in [6, 6.07) is -1.01. The standard InChI is InChI=1S/C13H18F2N4O3/c1-7(2)4-9(20)19-6-13(14,15)5-8(19)12-17-10(18-22-12)11(21)16-3/h7-8H,4-6H2,1-3H3,(H,16,21)/t8-/m0/s1. The molecule has 1 atom stereocenters. The third-order valence-electron chi connectivity index (χ3n) is 3.33. The summed E-state index contributed by atoms with van der Waals surface area (Å²) >= 11 is 0. The van der Waals surface area contributed by atoms with Crippen LogP contribution in [-0.4, -0.2) is 46.4 Å². The quantitative estimate of drug-likeness (QED) is 0.906. The molecule has 2 heterocycles. The Balaban J connectivity index is 2.24. The first kappa shape index (κ1) is 16.3. The SMILES string of the molecule is CNC(=O)c1noc([C@@H]2CC(F)(F)CN2C(=O)CC(C)C)n1. The minimum Gasteiger partial charge on any atom is -0.352 e. The molecule has 1 N–H and O–H groups in total. The van der Waals surface area contributed by atoms with E-state index in [-0.39, 0.29) is 24.1 Å². The summed E-state index contributed by atoms with van der Waals surface area (Å²) in [5.41, 5.74) is 0. The van der Waals surface area contributed by atoms with E-state index in [9.17, 15) is 18.4 Å². The van der Waals surface area contributed by atoms with Gasteiger partial charge in [0.1, 0.15) is 6.04 Å². The Labute approximate surface area is 126 Å². The predicted molar refractivity (Wildman–Crippen MR) is 71.2 cm³/mol. The van der Waals surface area contributed by atoms with Gasteiger partial charge in [0.05, 0.1) is 6.54 Å². The normalized spacial score (nSPS) is 20.5. The number of aromatic nitrogens is 2. The topological polar surface area (TPSA) is 88.3 Å². The van der Waals surface area contributed by atoms with Crippen LogP contribution in [0.3, 0.4) is 0 Å². The van der Waals surface area contributed by atoms with Crippen molar-refractivity contribution >= 4 is 11.8 Å². The van der Waals surface area contributed by atoms with Gasteiger partial charge in [0, 0.05) is 19.9 Å². The second-order valence-electron chi connectivity index (χ2n) is 5.73. The van der Waals surface area contributed by atoms with Gasteiger partial charge in [-0.1, -0.05) is 19.0 Å². The summed E-state index contributed by atoms with van der Waals surface area (Å²) in [6.45, 7) is 2.98. The highest BCUT2D eigenvalue weighted by Crippen LogP contribution is 2.40. The van der Waals surface area contributed by atoms with E-state index in [1.54, 1.807) is 0 Å². The number of nitrogens with zero attached hydrogens (tertiary/aromatic N) is 3. The van der Waals surface area contributed by atoms with Crippen molar-refractivity contribution in [2.24, 2.45) is 5.92 Å². The average molecular weight is 316 g/mol. The molecule has 9 heteroatoms. The summed E-state index contributed by atoms with van der Waals surface area (Å²) in [4.78, 5) is 28.4. The highest BCUT2D eigenvalue weighted by Gasteiger charge is 2.49. The zero-order valence-electron chi connectivity index (χ0n) is 12.6. The molecule has 7 nitrogen and oxygen atoms in total. The van der Waals surface area contributed by atoms with Crippen molar-refractivity contribution in [3.05, 3.63) is 11.7 Å². The number of carbonyl (C=O) groups excluding carboxylic acids is 2. The Morgan fingerprint density at radius 1 is 1.50 bits per heavy atom. The smallest absolute Gasteiger partial charge is 0.292 e. The number of carbonyl (C=O) groups is 2. The summed E-state index contributed by atoms with van der Waals surface area (Å²) in [5.74, 6) is -4.33. The molecule has 1 aliphatic heterocycles. The highest BCUT2D eigenvalue weighted by atomic mass is 19.3. The van der Waals surface area contributed by atoms with Gasteiger partial charge in [-0.3, -0.25) is 9.59 Å². The Hall–Kier alpha value is -2.06. The van der Waals surface area contributed by atoms with Crippen molar-refractivity contribution in [3.8, 4) is 0 Å². The summed E-state index contributed by atoms with van der Waals surface area (Å²) in [6.07, 6.45) is -0.435. The first-order valence-electron chi connectivity index (χ1n) is 6.96. The van der Waals surface area contributed by atoms with Crippen LogP contribution in [0.4, 0.5) is 8.78 Å². The Morgan fingerprint density at radius 2 is 2.18 bits per heavy atom. The Morgan fingerprint density at radius 3 is 2.77 bits per heavy atom. The van der Waals surface area contributed by atoms with Gasteiger partial charge in [-0.15, -0.1) is 0 Å². The monoisotopic (exact) mass is 316 g/mol. The third-order valence-corrected chi connectivity index (χ3v) is 3.33. The molecule has 0 saturated carbocycles. The van der Waals surface area contributed by atoms with E-state index in [2.05, 4.69) is 15.5 Å². The molecule has 0 aromatic carbocycles. The van der Waals surface area contributed by atoms with Gasteiger partial charge >= 0.3 is 0 Å². The molecule has 1 fully saturated rings. The maximum atomic E-state index is 13.7. The lowest BCUT2D eigenvalue weighted by atomic mass is 10.1. The molecule has 0 radical (unpaired) electrons. The van der Waals surface area contributed by atoms with Crippen LogP contribution in [0.5, 0.6) is 0 Å². The van der Waals surface area contributed by atoms with Crippen LogP contribution in [-0.2, 0) is 4.79 Å². The fourth-order valence-electron chi connectivity index (χ4n) is 2.34. The van der Waals surface area contributed by atoms with Crippen molar-refractivity contribution in [2.75, 3.05) is 13.6 Å². The van der Waals surface area contributed by atoms with E-state index in [1.807, 2.05) is 13.8 Å². The minimum atomic E-state index is -3.01. The number of amides is 2. The van der Waals surface area contributed by atoms with Gasteiger partial charge in [0.15, 0.2) is 0 Å². The lowest BCUT2D eigenvalue weighted by Crippen LogP contribution is -2.33. The zero-order chi connectivity index (χ0) is 16.5. The second kappa shape index (κ2) is 5.98. The van der Waals surface area contributed by atoms with Gasteiger partial charge in [0.25, 0.3) is 17.7 Å². The lowest BCUT2D eigenvalue weighted by Gasteiger charge is -2.22. The molecular formula is C13H18F2N4O3. The number of halogens is 2. The highest BCUT2D eigenvalue weighted by molar-refractivity contribution is 5.89. The number of likely N-dealkylation sites (tertiary alicyclic amines) is 1. The van der Waals surface area contributed by atoms with E-state index in [0.717, 1.165) is 4.90 Å². The molecule has 22 heavy (non-hydrogen) atoms. The summed E-state index contributed by atoms with van der Waals surface area (Å²) in [5, 5.41) is 5.76. The number of alkyl halides is 2. The zero-order valence-corrected chi connectivity index (χ0v) is 12.6. The molecule has 2 rings (SSSR count). The van der Waals surface area contributed by atoms with Crippen molar-refractivity contribution in [1.82, 2.24) is 20.4 Å². The van der Waals surface area contributed by atoms with Gasteiger partial charge < -0.3 is 14.7 Å². The van der Waals surface area contributed by atoms with Crippen molar-refractivity contribution in [2.45, 2.75) is 38.7 Å². The van der Waals surface area contributed by atoms with Crippen LogP contribution in [0.25, 0.3) is 0 Å². The fourth-order valence-corrected chi connectivity index (χ4v) is 2.34. The van der Waals surface area contributed by atoms with Crippen LogP contribution in [0.2, 0.25) is 0 Å². The van der Waals surface area contributed by atoms with Crippen molar-refractivity contribution < 1.29 is 22.9 Å². The number of nitrogens with one attached hydrogen (secondary N) is 1. The van der Waals surface area contributed by atoms with Gasteiger partial charge in [0.2, 0.25) is 11.8 Å². The van der Waals surface area contributed by atoms with Crippen LogP contribution < -0.4 is 5.32 Å². The van der Waals surface area contributed by atoms with Crippen molar-refractivity contribution in [1.29, 1.82) is 0 Å².